The summed E-state index contributed by atoms with van der Waals surface area (Å²) in [5.74, 6) is 1.29. The van der Waals surface area contributed by atoms with Gasteiger partial charge in [0.15, 0.2) is 0 Å². The van der Waals surface area contributed by atoms with Gasteiger partial charge < -0.3 is 19.7 Å². The smallest absolute Gasteiger partial charge is 0.225 e. The Balaban J connectivity index is 1.55. The van der Waals surface area contributed by atoms with Crippen molar-refractivity contribution in [3.8, 4) is 17.0 Å². The fourth-order valence-electron chi connectivity index (χ4n) is 3.27. The number of piperidine rings is 1. The zero-order chi connectivity index (χ0) is 17.9. The second-order valence-electron chi connectivity index (χ2n) is 6.48. The molecule has 3 aromatic rings. The number of aliphatic hydroxyl groups excluding tert-OH is 1. The molecule has 26 heavy (non-hydrogen) atoms. The van der Waals surface area contributed by atoms with E-state index >= 15 is 0 Å². The molecule has 7 heteroatoms. The van der Waals surface area contributed by atoms with Gasteiger partial charge in [0, 0.05) is 47.6 Å². The SMILES string of the molecule is O[C@@H]1CCCN(c2ncc(-c3cc4cc(OCCF)ccc4[nH]3)cn2)C1. The van der Waals surface area contributed by atoms with Crippen LogP contribution in [0.4, 0.5) is 10.3 Å². The molecule has 1 atom stereocenters. The first-order valence-electron chi connectivity index (χ1n) is 8.80. The zero-order valence-corrected chi connectivity index (χ0v) is 14.4. The lowest BCUT2D eigenvalue weighted by Crippen LogP contribution is -2.39. The lowest BCUT2D eigenvalue weighted by molar-refractivity contribution is 0.153. The molecule has 0 radical (unpaired) electrons. The molecule has 136 valence electrons. The van der Waals surface area contributed by atoms with Crippen LogP contribution < -0.4 is 9.64 Å². The van der Waals surface area contributed by atoms with Gasteiger partial charge in [-0.2, -0.15) is 0 Å². The van der Waals surface area contributed by atoms with E-state index in [9.17, 15) is 9.50 Å². The van der Waals surface area contributed by atoms with E-state index in [0.29, 0.717) is 18.2 Å². The highest BCUT2D eigenvalue weighted by atomic mass is 19.1. The maximum Gasteiger partial charge on any atom is 0.225 e. The van der Waals surface area contributed by atoms with Crippen LogP contribution in [0, 0.1) is 0 Å². The van der Waals surface area contributed by atoms with Crippen LogP contribution in [0.25, 0.3) is 22.2 Å². The van der Waals surface area contributed by atoms with Gasteiger partial charge in [0.1, 0.15) is 19.0 Å². The van der Waals surface area contributed by atoms with Gasteiger partial charge in [-0.3, -0.25) is 0 Å². The third-order valence-electron chi connectivity index (χ3n) is 4.57. The molecule has 4 rings (SSSR count). The number of aliphatic hydroxyl groups is 1. The Hall–Kier alpha value is -2.67. The molecule has 3 heterocycles. The Morgan fingerprint density at radius 3 is 2.88 bits per heavy atom. The van der Waals surface area contributed by atoms with Crippen molar-refractivity contribution in [1.82, 2.24) is 15.0 Å². The van der Waals surface area contributed by atoms with E-state index in [-0.39, 0.29) is 12.7 Å². The molecule has 2 aromatic heterocycles. The Morgan fingerprint density at radius 2 is 2.12 bits per heavy atom. The molecule has 1 aliphatic heterocycles. The summed E-state index contributed by atoms with van der Waals surface area (Å²) in [6.07, 6.45) is 5.04. The fourth-order valence-corrected chi connectivity index (χ4v) is 3.27. The van der Waals surface area contributed by atoms with Crippen LogP contribution in [-0.4, -0.2) is 52.5 Å². The summed E-state index contributed by atoms with van der Waals surface area (Å²) in [5, 5.41) is 10.8. The summed E-state index contributed by atoms with van der Waals surface area (Å²) in [6, 6.07) is 7.62. The van der Waals surface area contributed by atoms with Crippen LogP contribution in [-0.2, 0) is 0 Å². The van der Waals surface area contributed by atoms with E-state index in [1.54, 1.807) is 12.4 Å². The summed E-state index contributed by atoms with van der Waals surface area (Å²) in [6.45, 7) is 0.995. The standard InChI is InChI=1S/C19H21FN4O2/c20-5-7-26-16-3-4-17-13(8-16)9-18(23-17)14-10-21-19(22-11-14)24-6-1-2-15(25)12-24/h3-4,8-11,15,23,25H,1-2,5-7,12H2/t15-/m1/s1. The molecular formula is C19H21FN4O2. The number of aromatic nitrogens is 3. The average molecular weight is 356 g/mol. The molecule has 0 saturated carbocycles. The molecule has 0 amide bonds. The van der Waals surface area contributed by atoms with E-state index < -0.39 is 6.67 Å². The van der Waals surface area contributed by atoms with E-state index in [0.717, 1.165) is 41.5 Å². The summed E-state index contributed by atoms with van der Waals surface area (Å²) in [4.78, 5) is 14.3. The Bertz CT molecular complexity index is 881. The molecule has 1 aliphatic rings. The number of H-pyrrole nitrogens is 1. The molecule has 0 spiro atoms. The highest BCUT2D eigenvalue weighted by Gasteiger charge is 2.19. The van der Waals surface area contributed by atoms with Crippen molar-refractivity contribution >= 4 is 16.9 Å². The Labute approximate surface area is 150 Å². The number of halogens is 1. The molecule has 1 fully saturated rings. The van der Waals surface area contributed by atoms with E-state index in [2.05, 4.69) is 15.0 Å². The summed E-state index contributed by atoms with van der Waals surface area (Å²) < 4.78 is 17.6. The number of aromatic amines is 1. The number of nitrogens with one attached hydrogen (secondary N) is 1. The lowest BCUT2D eigenvalue weighted by Gasteiger charge is -2.29. The highest BCUT2D eigenvalue weighted by Crippen LogP contribution is 2.27. The van der Waals surface area contributed by atoms with Crippen molar-refractivity contribution in [2.24, 2.45) is 0 Å². The van der Waals surface area contributed by atoms with Crippen molar-refractivity contribution < 1.29 is 14.2 Å². The minimum Gasteiger partial charge on any atom is -0.491 e. The summed E-state index contributed by atoms with van der Waals surface area (Å²) in [5.41, 5.74) is 2.76. The number of rotatable bonds is 5. The van der Waals surface area contributed by atoms with Crippen molar-refractivity contribution in [3.63, 3.8) is 0 Å². The van der Waals surface area contributed by atoms with Gasteiger partial charge in [0.25, 0.3) is 0 Å². The van der Waals surface area contributed by atoms with Crippen molar-refractivity contribution in [2.75, 3.05) is 31.3 Å². The minimum atomic E-state index is -0.506. The third kappa shape index (κ3) is 3.48. The summed E-state index contributed by atoms with van der Waals surface area (Å²) in [7, 11) is 0. The zero-order valence-electron chi connectivity index (χ0n) is 14.4. The molecule has 2 N–H and O–H groups in total. The first-order chi connectivity index (χ1) is 12.7. The quantitative estimate of drug-likeness (QED) is 0.735. The number of fused-ring (bicyclic) bond motifs is 1. The maximum absolute atomic E-state index is 12.2. The van der Waals surface area contributed by atoms with Crippen LogP contribution in [0.5, 0.6) is 5.75 Å². The number of hydrogen-bond acceptors (Lipinski definition) is 5. The van der Waals surface area contributed by atoms with Gasteiger partial charge in [-0.25, -0.2) is 14.4 Å². The highest BCUT2D eigenvalue weighted by molar-refractivity contribution is 5.86. The van der Waals surface area contributed by atoms with Gasteiger partial charge in [0.05, 0.1) is 6.10 Å². The second-order valence-corrected chi connectivity index (χ2v) is 6.48. The number of alkyl halides is 1. The fraction of sp³-hybridized carbons (Fsp3) is 0.368. The van der Waals surface area contributed by atoms with Gasteiger partial charge in [-0.15, -0.1) is 0 Å². The molecule has 0 bridgehead atoms. The monoisotopic (exact) mass is 356 g/mol. The van der Waals surface area contributed by atoms with Crippen LogP contribution in [0.15, 0.2) is 36.7 Å². The van der Waals surface area contributed by atoms with Crippen molar-refractivity contribution in [3.05, 3.63) is 36.7 Å². The van der Waals surface area contributed by atoms with Gasteiger partial charge in [-0.1, -0.05) is 0 Å². The normalized spacial score (nSPS) is 17.6. The van der Waals surface area contributed by atoms with Crippen LogP contribution >= 0.6 is 0 Å². The van der Waals surface area contributed by atoms with Crippen LogP contribution in [0.3, 0.4) is 0 Å². The third-order valence-corrected chi connectivity index (χ3v) is 4.57. The van der Waals surface area contributed by atoms with Crippen molar-refractivity contribution in [2.45, 2.75) is 18.9 Å². The lowest BCUT2D eigenvalue weighted by atomic mass is 10.1. The van der Waals surface area contributed by atoms with E-state index in [1.165, 1.54) is 0 Å². The largest absolute Gasteiger partial charge is 0.491 e. The number of benzene rings is 1. The van der Waals surface area contributed by atoms with E-state index in [4.69, 9.17) is 4.74 Å². The van der Waals surface area contributed by atoms with Gasteiger partial charge in [-0.05, 0) is 37.1 Å². The first kappa shape index (κ1) is 16.8. The van der Waals surface area contributed by atoms with Crippen LogP contribution in [0.1, 0.15) is 12.8 Å². The summed E-state index contributed by atoms with van der Waals surface area (Å²) >= 11 is 0. The van der Waals surface area contributed by atoms with Crippen LogP contribution in [0.2, 0.25) is 0 Å². The molecular weight excluding hydrogens is 335 g/mol. The van der Waals surface area contributed by atoms with Gasteiger partial charge in [0.2, 0.25) is 5.95 Å². The van der Waals surface area contributed by atoms with E-state index in [1.807, 2.05) is 29.2 Å². The number of ether oxygens (including phenoxy) is 1. The van der Waals surface area contributed by atoms with Gasteiger partial charge >= 0.3 is 0 Å². The predicted octanol–water partition coefficient (Wildman–Crippen LogP) is 2.93. The molecule has 6 nitrogen and oxygen atoms in total. The number of anilines is 1. The maximum atomic E-state index is 12.2. The Morgan fingerprint density at radius 1 is 1.27 bits per heavy atom. The average Bonchev–Trinajstić information content (AvgIpc) is 3.10. The predicted molar refractivity (Wildman–Crippen MR) is 98.2 cm³/mol. The minimum absolute atomic E-state index is 0.0588. The number of β-amino-alcohol motifs (C(OH)–C–C–N with tert-alkyl or cyclic N) is 1. The molecule has 0 unspecified atom stereocenters. The number of hydrogen-bond donors (Lipinski definition) is 2. The molecule has 0 aliphatic carbocycles. The Kier molecular flexibility index (Phi) is 4.71. The molecule has 1 saturated heterocycles. The second kappa shape index (κ2) is 7.29. The molecule has 1 aromatic carbocycles. The number of nitrogens with zero attached hydrogens (tertiary/aromatic N) is 3. The topological polar surface area (TPSA) is 74.3 Å². The first-order valence-corrected chi connectivity index (χ1v) is 8.80. The van der Waals surface area contributed by atoms with Crippen molar-refractivity contribution in [1.29, 1.82) is 0 Å².